The van der Waals surface area contributed by atoms with Crippen LogP contribution in [0.5, 0.6) is 0 Å². The first-order valence-corrected chi connectivity index (χ1v) is 14.3. The average molecular weight is 553 g/mol. The molecule has 212 valence electrons. The van der Waals surface area contributed by atoms with E-state index in [0.29, 0.717) is 24.2 Å². The Kier molecular flexibility index (Phi) is 6.82. The maximum absolute atomic E-state index is 12.9. The minimum Gasteiger partial charge on any atom is -0.444 e. The summed E-state index contributed by atoms with van der Waals surface area (Å²) in [4.78, 5) is 36.5. The lowest BCUT2D eigenvalue weighted by Crippen LogP contribution is -2.59. The van der Waals surface area contributed by atoms with Crippen LogP contribution in [0.4, 0.5) is 16.2 Å². The van der Waals surface area contributed by atoms with E-state index < -0.39 is 11.7 Å². The quantitative estimate of drug-likeness (QED) is 0.515. The second-order valence-corrected chi connectivity index (χ2v) is 12.4. The Bertz CT molecular complexity index is 1560. The largest absolute Gasteiger partial charge is 0.444 e. The number of carbonyl (C=O) groups excluding carboxylic acids is 2. The van der Waals surface area contributed by atoms with Gasteiger partial charge in [0.2, 0.25) is 5.91 Å². The van der Waals surface area contributed by atoms with E-state index in [1.807, 2.05) is 39.0 Å². The number of fused-ring (bicyclic) bond motifs is 3. The molecule has 3 aromatic rings. The Balaban J connectivity index is 1.20. The molecule has 0 spiro atoms. The van der Waals surface area contributed by atoms with Crippen molar-refractivity contribution in [3.63, 3.8) is 0 Å². The Labute approximate surface area is 240 Å². The number of amides is 2. The van der Waals surface area contributed by atoms with Gasteiger partial charge in [0.1, 0.15) is 11.7 Å². The SMILES string of the molecule is C[C@@H]1CN(c2ccc(C#N)c3ncccc23)C[C@@H]2Cc3cc(N4CC(NC(=O)OC(C)(C)C)CC4=O)ccc3CN21. The molecule has 2 aromatic carbocycles. The van der Waals surface area contributed by atoms with Gasteiger partial charge in [-0.2, -0.15) is 5.26 Å². The van der Waals surface area contributed by atoms with Crippen molar-refractivity contribution in [2.24, 2.45) is 0 Å². The maximum Gasteiger partial charge on any atom is 0.407 e. The molecule has 2 saturated heterocycles. The number of nitriles is 1. The number of piperazine rings is 1. The van der Waals surface area contributed by atoms with Crippen LogP contribution < -0.4 is 15.1 Å². The summed E-state index contributed by atoms with van der Waals surface area (Å²) >= 11 is 0. The van der Waals surface area contributed by atoms with E-state index in [1.165, 1.54) is 11.1 Å². The van der Waals surface area contributed by atoms with Gasteiger partial charge in [0, 0.05) is 67.6 Å². The number of pyridine rings is 1. The van der Waals surface area contributed by atoms with Crippen molar-refractivity contribution >= 4 is 34.3 Å². The maximum atomic E-state index is 12.9. The molecule has 2 amide bonds. The first kappa shape index (κ1) is 27.0. The van der Waals surface area contributed by atoms with E-state index in [4.69, 9.17) is 4.74 Å². The third kappa shape index (κ3) is 5.32. The number of hydrogen-bond acceptors (Lipinski definition) is 7. The van der Waals surface area contributed by atoms with Gasteiger partial charge >= 0.3 is 6.09 Å². The van der Waals surface area contributed by atoms with Gasteiger partial charge in [-0.1, -0.05) is 6.07 Å². The predicted molar refractivity (Wildman–Crippen MR) is 158 cm³/mol. The van der Waals surface area contributed by atoms with E-state index in [9.17, 15) is 14.9 Å². The molecule has 1 aromatic heterocycles. The first-order chi connectivity index (χ1) is 19.6. The van der Waals surface area contributed by atoms with Crippen LogP contribution in [0.15, 0.2) is 48.7 Å². The van der Waals surface area contributed by atoms with E-state index in [-0.39, 0.29) is 18.4 Å². The summed E-state index contributed by atoms with van der Waals surface area (Å²) in [6, 6.07) is 16.9. The fraction of sp³-hybridized carbons (Fsp3) is 0.438. The molecule has 3 aliphatic rings. The van der Waals surface area contributed by atoms with Gasteiger partial charge in [0.05, 0.1) is 17.1 Å². The van der Waals surface area contributed by atoms with E-state index in [2.05, 4.69) is 57.4 Å². The van der Waals surface area contributed by atoms with Crippen molar-refractivity contribution in [3.8, 4) is 6.07 Å². The zero-order valence-electron chi connectivity index (χ0n) is 24.1. The fourth-order valence-corrected chi connectivity index (χ4v) is 6.51. The minimum atomic E-state index is -0.588. The van der Waals surface area contributed by atoms with Crippen LogP contribution >= 0.6 is 0 Å². The Hall–Kier alpha value is -4.16. The van der Waals surface area contributed by atoms with Crippen LogP contribution in [0.1, 0.15) is 50.8 Å². The smallest absolute Gasteiger partial charge is 0.407 e. The normalized spacial score (nSPS) is 22.7. The molecule has 9 heteroatoms. The number of ether oxygens (including phenoxy) is 1. The summed E-state index contributed by atoms with van der Waals surface area (Å²) in [5, 5.41) is 13.4. The molecule has 4 heterocycles. The lowest BCUT2D eigenvalue weighted by atomic mass is 9.89. The van der Waals surface area contributed by atoms with Gasteiger partial charge in [-0.05, 0) is 81.6 Å². The molecule has 3 aliphatic heterocycles. The molecule has 41 heavy (non-hydrogen) atoms. The van der Waals surface area contributed by atoms with Crippen LogP contribution in [-0.4, -0.2) is 65.2 Å². The molecule has 6 rings (SSSR count). The number of anilines is 2. The van der Waals surface area contributed by atoms with Gasteiger partial charge < -0.3 is 19.9 Å². The van der Waals surface area contributed by atoms with Crippen molar-refractivity contribution < 1.29 is 14.3 Å². The van der Waals surface area contributed by atoms with Crippen molar-refractivity contribution in [3.05, 3.63) is 65.4 Å². The van der Waals surface area contributed by atoms with Crippen LogP contribution in [0.25, 0.3) is 10.9 Å². The summed E-state index contributed by atoms with van der Waals surface area (Å²) in [6.45, 7) is 10.8. The van der Waals surface area contributed by atoms with Crippen LogP contribution in [0, 0.1) is 11.3 Å². The molecule has 0 bridgehead atoms. The highest BCUT2D eigenvalue weighted by Crippen LogP contribution is 2.36. The third-order valence-corrected chi connectivity index (χ3v) is 8.31. The highest BCUT2D eigenvalue weighted by atomic mass is 16.6. The Morgan fingerprint density at radius 1 is 1.10 bits per heavy atom. The number of alkyl carbamates (subject to hydrolysis) is 1. The summed E-state index contributed by atoms with van der Waals surface area (Å²) in [6.07, 6.45) is 2.39. The third-order valence-electron chi connectivity index (χ3n) is 8.31. The van der Waals surface area contributed by atoms with Crippen LogP contribution in [0.2, 0.25) is 0 Å². The number of carbonyl (C=O) groups is 2. The predicted octanol–water partition coefficient (Wildman–Crippen LogP) is 4.37. The molecular formula is C32H36N6O3. The minimum absolute atomic E-state index is 0.00205. The number of nitrogens with one attached hydrogen (secondary N) is 1. The van der Waals surface area contributed by atoms with E-state index in [0.717, 1.165) is 48.3 Å². The van der Waals surface area contributed by atoms with Gasteiger partial charge in [-0.25, -0.2) is 4.79 Å². The van der Waals surface area contributed by atoms with Gasteiger partial charge in [-0.15, -0.1) is 0 Å². The molecular weight excluding hydrogens is 516 g/mol. The van der Waals surface area contributed by atoms with Crippen molar-refractivity contribution in [2.75, 3.05) is 29.4 Å². The highest BCUT2D eigenvalue weighted by molar-refractivity contribution is 5.97. The monoisotopic (exact) mass is 552 g/mol. The lowest BCUT2D eigenvalue weighted by molar-refractivity contribution is -0.117. The van der Waals surface area contributed by atoms with Gasteiger partial charge in [-0.3, -0.25) is 14.7 Å². The summed E-state index contributed by atoms with van der Waals surface area (Å²) in [5.74, 6) is 0.00205. The number of nitrogens with zero attached hydrogens (tertiary/aromatic N) is 5. The molecule has 3 atom stereocenters. The molecule has 1 unspecified atom stereocenters. The van der Waals surface area contributed by atoms with Crippen molar-refractivity contribution in [1.82, 2.24) is 15.2 Å². The second kappa shape index (κ2) is 10.3. The molecule has 9 nitrogen and oxygen atoms in total. The summed E-state index contributed by atoms with van der Waals surface area (Å²) in [5.41, 5.74) is 5.31. The molecule has 1 N–H and O–H groups in total. The lowest BCUT2D eigenvalue weighted by Gasteiger charge is -2.49. The first-order valence-electron chi connectivity index (χ1n) is 14.3. The zero-order valence-corrected chi connectivity index (χ0v) is 24.1. The molecule has 0 aliphatic carbocycles. The summed E-state index contributed by atoms with van der Waals surface area (Å²) in [7, 11) is 0. The van der Waals surface area contributed by atoms with E-state index in [1.54, 1.807) is 11.1 Å². The van der Waals surface area contributed by atoms with E-state index >= 15 is 0 Å². The molecule has 0 saturated carbocycles. The fourth-order valence-electron chi connectivity index (χ4n) is 6.51. The van der Waals surface area contributed by atoms with Crippen LogP contribution in [-0.2, 0) is 22.5 Å². The number of benzene rings is 2. The Morgan fingerprint density at radius 2 is 1.93 bits per heavy atom. The number of aromatic nitrogens is 1. The van der Waals surface area contributed by atoms with Gasteiger partial charge in [0.25, 0.3) is 0 Å². The summed E-state index contributed by atoms with van der Waals surface area (Å²) < 4.78 is 5.38. The Morgan fingerprint density at radius 3 is 2.71 bits per heavy atom. The molecule has 0 radical (unpaired) electrons. The topological polar surface area (TPSA) is 102 Å². The molecule has 2 fully saturated rings. The van der Waals surface area contributed by atoms with Crippen LogP contribution in [0.3, 0.4) is 0 Å². The zero-order chi connectivity index (χ0) is 28.9. The average Bonchev–Trinajstić information content (AvgIpc) is 3.29. The highest BCUT2D eigenvalue weighted by Gasteiger charge is 2.38. The van der Waals surface area contributed by atoms with Gasteiger partial charge in [0.15, 0.2) is 0 Å². The number of hydrogen-bond donors (Lipinski definition) is 1. The van der Waals surface area contributed by atoms with Crippen molar-refractivity contribution in [1.29, 1.82) is 5.26 Å². The van der Waals surface area contributed by atoms with Crippen molar-refractivity contribution in [2.45, 2.75) is 70.8 Å². The standard InChI is InChI=1S/C32H36N6O3/c1-20-16-36(28-10-8-21(15-33)30-27(28)6-5-11-34-30)19-26-13-23-12-25(9-7-22(23)17-37(20)26)38-18-24(14-29(38)39)35-31(40)41-32(2,3)4/h5-12,20,24,26H,13-14,16-19H2,1-4H3,(H,35,40)/t20-,24?,26+/m1/s1. The second-order valence-electron chi connectivity index (χ2n) is 12.4. The number of rotatable bonds is 3.